The van der Waals surface area contributed by atoms with Gasteiger partial charge in [0.15, 0.2) is 11.9 Å². The lowest BCUT2D eigenvalue weighted by atomic mass is 10.2. The third-order valence-electron chi connectivity index (χ3n) is 1.47. The Balaban J connectivity index is 3.75. The molecule has 0 saturated heterocycles. The second-order valence-corrected chi connectivity index (χ2v) is 2.70. The predicted octanol–water partition coefficient (Wildman–Crippen LogP) is -0.490. The zero-order valence-electron chi connectivity index (χ0n) is 8.01. The van der Waals surface area contributed by atoms with Crippen molar-refractivity contribution in [3.8, 4) is 0 Å². The largest absolute Gasteiger partial charge is 0.481 e. The van der Waals surface area contributed by atoms with Gasteiger partial charge in [0.1, 0.15) is 6.61 Å². The molecule has 2 N–H and O–H groups in total. The highest BCUT2D eigenvalue weighted by atomic mass is 16.5. The Morgan fingerprint density at radius 3 is 2.40 bits per heavy atom. The van der Waals surface area contributed by atoms with Crippen LogP contribution in [0.5, 0.6) is 0 Å². The summed E-state index contributed by atoms with van der Waals surface area (Å²) < 4.78 is 4.46. The molecule has 0 aliphatic heterocycles. The van der Waals surface area contributed by atoms with Crippen LogP contribution in [0.4, 0.5) is 0 Å². The van der Waals surface area contributed by atoms with Crippen molar-refractivity contribution in [2.45, 2.75) is 18.9 Å². The van der Waals surface area contributed by atoms with Gasteiger partial charge in [0.05, 0.1) is 12.8 Å². The highest BCUT2D eigenvalue weighted by molar-refractivity contribution is 5.93. The van der Waals surface area contributed by atoms with Gasteiger partial charge in [-0.05, 0) is 6.08 Å². The molecule has 0 saturated carbocycles. The maximum Gasteiger partial charge on any atom is 0.306 e. The average Bonchev–Trinajstić information content (AvgIpc) is 2.21. The van der Waals surface area contributed by atoms with Crippen molar-refractivity contribution in [3.63, 3.8) is 0 Å². The first-order valence-electron chi connectivity index (χ1n) is 4.19. The number of carbonyl (C=O) groups excluding carboxylic acids is 2. The van der Waals surface area contributed by atoms with Gasteiger partial charge in [-0.25, -0.2) is 0 Å². The third-order valence-corrected chi connectivity index (χ3v) is 1.47. The number of carboxylic acid groups (broad SMARTS) is 1. The van der Waals surface area contributed by atoms with Crippen LogP contribution >= 0.6 is 0 Å². The van der Waals surface area contributed by atoms with Gasteiger partial charge in [0.2, 0.25) is 0 Å². The fraction of sp³-hybridized carbons (Fsp3) is 0.444. The minimum atomic E-state index is -1.43. The van der Waals surface area contributed by atoms with Crippen molar-refractivity contribution in [2.75, 3.05) is 6.61 Å². The summed E-state index contributed by atoms with van der Waals surface area (Å²) in [5, 5.41) is 17.3. The molecule has 0 spiro atoms. The summed E-state index contributed by atoms with van der Waals surface area (Å²) in [5.41, 5.74) is 0. The summed E-state index contributed by atoms with van der Waals surface area (Å²) in [4.78, 5) is 31.6. The lowest BCUT2D eigenvalue weighted by molar-refractivity contribution is -0.151. The van der Waals surface area contributed by atoms with E-state index in [0.717, 1.165) is 6.08 Å². The molecule has 0 aliphatic rings. The van der Waals surface area contributed by atoms with Crippen LogP contribution in [0.1, 0.15) is 12.8 Å². The first kappa shape index (κ1) is 13.3. The van der Waals surface area contributed by atoms with E-state index in [1.807, 2.05) is 0 Å². The molecule has 1 atom stereocenters. The zero-order chi connectivity index (χ0) is 11.8. The Morgan fingerprint density at radius 2 is 1.93 bits per heavy atom. The molecule has 1 unspecified atom stereocenters. The first-order chi connectivity index (χ1) is 6.97. The van der Waals surface area contributed by atoms with Crippen LogP contribution in [-0.2, 0) is 19.1 Å². The van der Waals surface area contributed by atoms with Crippen molar-refractivity contribution in [3.05, 3.63) is 12.7 Å². The van der Waals surface area contributed by atoms with Crippen molar-refractivity contribution in [1.82, 2.24) is 0 Å². The highest BCUT2D eigenvalue weighted by Gasteiger charge is 2.14. The number of carboxylic acids is 1. The van der Waals surface area contributed by atoms with E-state index in [0.29, 0.717) is 0 Å². The number of ketones is 1. The molecule has 0 radical (unpaired) electrons. The maximum absolute atomic E-state index is 10.8. The molecule has 0 bridgehead atoms. The molecule has 0 amide bonds. The van der Waals surface area contributed by atoms with Crippen LogP contribution < -0.4 is 0 Å². The second kappa shape index (κ2) is 6.72. The van der Waals surface area contributed by atoms with E-state index in [1.165, 1.54) is 0 Å². The number of aliphatic hydroxyl groups excluding tert-OH is 1. The Labute approximate surface area is 86.2 Å². The third kappa shape index (κ3) is 6.39. The summed E-state index contributed by atoms with van der Waals surface area (Å²) >= 11 is 0. The number of hydrogen-bond acceptors (Lipinski definition) is 5. The van der Waals surface area contributed by atoms with E-state index in [9.17, 15) is 14.4 Å². The Hall–Kier alpha value is -1.69. The van der Waals surface area contributed by atoms with Crippen LogP contribution in [0.15, 0.2) is 12.7 Å². The molecule has 84 valence electrons. The van der Waals surface area contributed by atoms with Gasteiger partial charge in [-0.3, -0.25) is 14.4 Å². The minimum Gasteiger partial charge on any atom is -0.481 e. The second-order valence-electron chi connectivity index (χ2n) is 2.70. The molecule has 15 heavy (non-hydrogen) atoms. The Morgan fingerprint density at radius 1 is 1.33 bits per heavy atom. The fourth-order valence-corrected chi connectivity index (χ4v) is 0.671. The number of carbonyl (C=O) groups is 3. The summed E-state index contributed by atoms with van der Waals surface area (Å²) in [7, 11) is 0. The molecule has 0 heterocycles. The molecular weight excluding hydrogens is 204 g/mol. The molecule has 0 fully saturated rings. The average molecular weight is 216 g/mol. The van der Waals surface area contributed by atoms with Crippen molar-refractivity contribution in [2.24, 2.45) is 0 Å². The molecule has 6 nitrogen and oxygen atoms in total. The normalized spacial score (nSPS) is 11.5. The van der Waals surface area contributed by atoms with Crippen LogP contribution in [0.3, 0.4) is 0 Å². The van der Waals surface area contributed by atoms with E-state index in [2.05, 4.69) is 11.3 Å². The standard InChI is InChI=1S/C9H12O6/c1-2-6(10)7(11)5-15-9(14)4-3-8(12)13/h2,7,11H,1,3-5H2,(H,12,13). The maximum atomic E-state index is 10.8. The minimum absolute atomic E-state index is 0.287. The van der Waals surface area contributed by atoms with Crippen molar-refractivity contribution in [1.29, 1.82) is 0 Å². The van der Waals surface area contributed by atoms with Gasteiger partial charge in [-0.1, -0.05) is 6.58 Å². The number of hydrogen-bond donors (Lipinski definition) is 2. The van der Waals surface area contributed by atoms with Gasteiger partial charge < -0.3 is 14.9 Å². The molecule has 6 heteroatoms. The summed E-state index contributed by atoms with van der Waals surface area (Å²) in [5.74, 6) is -2.54. The van der Waals surface area contributed by atoms with Crippen molar-refractivity contribution >= 4 is 17.7 Å². The first-order valence-corrected chi connectivity index (χ1v) is 4.19. The van der Waals surface area contributed by atoms with E-state index in [1.54, 1.807) is 0 Å². The SMILES string of the molecule is C=CC(=O)C(O)COC(=O)CCC(=O)O. The van der Waals surface area contributed by atoms with Crippen LogP contribution in [0, 0.1) is 0 Å². The van der Waals surface area contributed by atoms with Crippen LogP contribution in [-0.4, -0.2) is 40.6 Å². The smallest absolute Gasteiger partial charge is 0.306 e. The van der Waals surface area contributed by atoms with Gasteiger partial charge in [-0.15, -0.1) is 0 Å². The number of aliphatic hydroxyl groups is 1. The number of aliphatic carboxylic acids is 1. The quantitative estimate of drug-likeness (QED) is 0.440. The number of rotatable bonds is 7. The molecule has 0 aromatic carbocycles. The Bertz CT molecular complexity index is 270. The number of ether oxygens (including phenoxy) is 1. The summed E-state index contributed by atoms with van der Waals surface area (Å²) in [6, 6.07) is 0. The van der Waals surface area contributed by atoms with E-state index < -0.39 is 30.4 Å². The molecule has 0 aromatic heterocycles. The van der Waals surface area contributed by atoms with Crippen LogP contribution in [0.2, 0.25) is 0 Å². The van der Waals surface area contributed by atoms with Crippen molar-refractivity contribution < 1.29 is 29.3 Å². The summed E-state index contributed by atoms with van der Waals surface area (Å²) in [6.45, 7) is 2.66. The highest BCUT2D eigenvalue weighted by Crippen LogP contribution is 1.95. The molecule has 0 aromatic rings. The van der Waals surface area contributed by atoms with E-state index in [4.69, 9.17) is 10.2 Å². The van der Waals surface area contributed by atoms with Gasteiger partial charge in [0.25, 0.3) is 0 Å². The topological polar surface area (TPSA) is 101 Å². The van der Waals surface area contributed by atoms with Gasteiger partial charge >= 0.3 is 11.9 Å². The number of esters is 1. The predicted molar refractivity (Wildman–Crippen MR) is 49.0 cm³/mol. The van der Waals surface area contributed by atoms with Gasteiger partial charge in [0, 0.05) is 0 Å². The molecule has 0 rings (SSSR count). The monoisotopic (exact) mass is 216 g/mol. The van der Waals surface area contributed by atoms with E-state index >= 15 is 0 Å². The van der Waals surface area contributed by atoms with E-state index in [-0.39, 0.29) is 12.8 Å². The zero-order valence-corrected chi connectivity index (χ0v) is 8.01. The summed E-state index contributed by atoms with van der Waals surface area (Å²) in [6.07, 6.45) is -1.15. The molecule has 0 aliphatic carbocycles. The van der Waals surface area contributed by atoms with Crippen LogP contribution in [0.25, 0.3) is 0 Å². The lowest BCUT2D eigenvalue weighted by Gasteiger charge is -2.07. The molecular formula is C9H12O6. The fourth-order valence-electron chi connectivity index (χ4n) is 0.671. The lowest BCUT2D eigenvalue weighted by Crippen LogP contribution is -2.26. The van der Waals surface area contributed by atoms with Gasteiger partial charge in [-0.2, -0.15) is 0 Å². The Kier molecular flexibility index (Phi) is 5.96.